The number of ether oxygens (including phenoxy) is 1. The minimum Gasteiger partial charge on any atom is -0.488 e. The van der Waals surface area contributed by atoms with Crippen molar-refractivity contribution >= 4 is 11.4 Å². The van der Waals surface area contributed by atoms with Crippen LogP contribution in [0.15, 0.2) is 36.4 Å². The lowest BCUT2D eigenvalue weighted by atomic mass is 10.2. The summed E-state index contributed by atoms with van der Waals surface area (Å²) in [5, 5.41) is 10.9. The van der Waals surface area contributed by atoms with Gasteiger partial charge in [-0.1, -0.05) is 0 Å². The molecule has 6 heteroatoms. The number of aryl methyl sites for hydroxylation is 1. The Bertz CT molecular complexity index is 659. The first kappa shape index (κ1) is 13.8. The number of nitrogen functional groups attached to an aromatic ring is 1. The standard InChI is InChI=1S/C14H13FN2O3/c1-9-6-12(16)3-5-14(9)20-8-10-7-11(15)2-4-13(10)17(18)19/h2-7H,8,16H2,1H3. The highest BCUT2D eigenvalue weighted by Crippen LogP contribution is 2.24. The van der Waals surface area contributed by atoms with E-state index in [2.05, 4.69) is 0 Å². The van der Waals surface area contributed by atoms with E-state index in [0.29, 0.717) is 11.4 Å². The molecule has 0 spiro atoms. The molecule has 2 aromatic rings. The lowest BCUT2D eigenvalue weighted by Crippen LogP contribution is -2.02. The maximum absolute atomic E-state index is 13.2. The number of hydrogen-bond donors (Lipinski definition) is 1. The van der Waals surface area contributed by atoms with E-state index in [1.807, 2.05) is 6.92 Å². The third-order valence-corrected chi connectivity index (χ3v) is 2.82. The van der Waals surface area contributed by atoms with Gasteiger partial charge in [0.05, 0.1) is 10.5 Å². The first-order valence-corrected chi connectivity index (χ1v) is 5.89. The largest absolute Gasteiger partial charge is 0.488 e. The Balaban J connectivity index is 2.22. The summed E-state index contributed by atoms with van der Waals surface area (Å²) >= 11 is 0. The highest BCUT2D eigenvalue weighted by atomic mass is 19.1. The van der Waals surface area contributed by atoms with Crippen LogP contribution < -0.4 is 10.5 Å². The third-order valence-electron chi connectivity index (χ3n) is 2.82. The summed E-state index contributed by atoms with van der Waals surface area (Å²) in [5.41, 5.74) is 7.06. The van der Waals surface area contributed by atoms with Gasteiger partial charge in [0, 0.05) is 11.8 Å². The van der Waals surface area contributed by atoms with E-state index in [1.165, 1.54) is 0 Å². The Morgan fingerprint density at radius 1 is 1.30 bits per heavy atom. The van der Waals surface area contributed by atoms with Crippen LogP contribution in [0.25, 0.3) is 0 Å². The van der Waals surface area contributed by atoms with E-state index in [4.69, 9.17) is 10.5 Å². The van der Waals surface area contributed by atoms with Crippen molar-refractivity contribution in [3.05, 3.63) is 63.5 Å². The number of benzene rings is 2. The summed E-state index contributed by atoms with van der Waals surface area (Å²) < 4.78 is 18.7. The molecule has 0 atom stereocenters. The van der Waals surface area contributed by atoms with Crippen molar-refractivity contribution < 1.29 is 14.1 Å². The molecule has 0 saturated heterocycles. The predicted molar refractivity (Wildman–Crippen MR) is 73.0 cm³/mol. The molecule has 2 rings (SSSR count). The molecular weight excluding hydrogens is 263 g/mol. The minimum atomic E-state index is -0.562. The van der Waals surface area contributed by atoms with Crippen LogP contribution in [-0.4, -0.2) is 4.92 Å². The van der Waals surface area contributed by atoms with Crippen molar-refractivity contribution in [2.75, 3.05) is 5.73 Å². The van der Waals surface area contributed by atoms with Crippen LogP contribution in [0.2, 0.25) is 0 Å². The van der Waals surface area contributed by atoms with Gasteiger partial charge in [0.25, 0.3) is 5.69 Å². The molecule has 0 bridgehead atoms. The maximum atomic E-state index is 13.2. The third kappa shape index (κ3) is 3.03. The molecular formula is C14H13FN2O3. The summed E-state index contributed by atoms with van der Waals surface area (Å²) in [7, 11) is 0. The molecule has 0 aliphatic rings. The zero-order chi connectivity index (χ0) is 14.7. The van der Waals surface area contributed by atoms with E-state index in [9.17, 15) is 14.5 Å². The van der Waals surface area contributed by atoms with Crippen molar-refractivity contribution in [2.24, 2.45) is 0 Å². The van der Waals surface area contributed by atoms with Crippen LogP contribution in [0.5, 0.6) is 5.75 Å². The molecule has 0 aliphatic carbocycles. The second-order valence-corrected chi connectivity index (χ2v) is 4.34. The molecule has 0 aromatic heterocycles. The monoisotopic (exact) mass is 276 g/mol. The number of nitrogens with zero attached hydrogens (tertiary/aromatic N) is 1. The quantitative estimate of drug-likeness (QED) is 0.528. The van der Waals surface area contributed by atoms with Gasteiger partial charge >= 0.3 is 0 Å². The number of halogens is 1. The fraction of sp³-hybridized carbons (Fsp3) is 0.143. The number of hydrogen-bond acceptors (Lipinski definition) is 4. The zero-order valence-electron chi connectivity index (χ0n) is 10.8. The van der Waals surface area contributed by atoms with E-state index in [0.717, 1.165) is 23.8 Å². The van der Waals surface area contributed by atoms with Gasteiger partial charge in [-0.05, 0) is 42.8 Å². The lowest BCUT2D eigenvalue weighted by Gasteiger charge is -2.10. The Labute approximate surface area is 114 Å². The molecule has 0 radical (unpaired) electrons. The Kier molecular flexibility index (Phi) is 3.84. The molecule has 0 fully saturated rings. The molecule has 0 saturated carbocycles. The molecule has 20 heavy (non-hydrogen) atoms. The molecule has 0 unspecified atom stereocenters. The minimum absolute atomic E-state index is 0.0845. The molecule has 2 N–H and O–H groups in total. The Morgan fingerprint density at radius 3 is 2.70 bits per heavy atom. The van der Waals surface area contributed by atoms with Crippen molar-refractivity contribution in [2.45, 2.75) is 13.5 Å². The number of nitrogens with two attached hydrogens (primary N) is 1. The summed E-state index contributed by atoms with van der Waals surface area (Å²) in [6.07, 6.45) is 0. The zero-order valence-corrected chi connectivity index (χ0v) is 10.8. The molecule has 5 nitrogen and oxygen atoms in total. The number of nitro benzene ring substituents is 1. The van der Waals surface area contributed by atoms with Crippen LogP contribution >= 0.6 is 0 Å². The highest BCUT2D eigenvalue weighted by molar-refractivity contribution is 5.47. The Hall–Kier alpha value is -2.63. The molecule has 2 aromatic carbocycles. The van der Waals surface area contributed by atoms with Gasteiger partial charge in [-0.2, -0.15) is 0 Å². The van der Waals surface area contributed by atoms with Gasteiger partial charge in [0.15, 0.2) is 0 Å². The summed E-state index contributed by atoms with van der Waals surface area (Å²) in [5.74, 6) is 0.0148. The fourth-order valence-corrected chi connectivity index (χ4v) is 1.84. The first-order valence-electron chi connectivity index (χ1n) is 5.89. The smallest absolute Gasteiger partial charge is 0.276 e. The van der Waals surface area contributed by atoms with Crippen LogP contribution in [-0.2, 0) is 6.61 Å². The summed E-state index contributed by atoms with van der Waals surface area (Å²) in [4.78, 5) is 10.3. The van der Waals surface area contributed by atoms with Crippen molar-refractivity contribution in [1.82, 2.24) is 0 Å². The van der Waals surface area contributed by atoms with Crippen molar-refractivity contribution in [3.8, 4) is 5.75 Å². The molecule has 0 heterocycles. The molecule has 104 valence electrons. The normalized spacial score (nSPS) is 10.3. The van der Waals surface area contributed by atoms with Gasteiger partial charge in [0.1, 0.15) is 18.2 Å². The van der Waals surface area contributed by atoms with E-state index in [-0.39, 0.29) is 17.9 Å². The highest BCUT2D eigenvalue weighted by Gasteiger charge is 2.15. The average Bonchev–Trinajstić information content (AvgIpc) is 2.37. The number of rotatable bonds is 4. The summed E-state index contributed by atoms with van der Waals surface area (Å²) in [6, 6.07) is 8.36. The van der Waals surface area contributed by atoms with Gasteiger partial charge < -0.3 is 10.5 Å². The van der Waals surface area contributed by atoms with Gasteiger partial charge in [-0.25, -0.2) is 4.39 Å². The Morgan fingerprint density at radius 2 is 2.05 bits per heavy atom. The molecule has 0 amide bonds. The van der Waals surface area contributed by atoms with Crippen LogP contribution in [0, 0.1) is 22.9 Å². The van der Waals surface area contributed by atoms with Gasteiger partial charge in [-0.3, -0.25) is 10.1 Å². The SMILES string of the molecule is Cc1cc(N)ccc1OCc1cc(F)ccc1[N+](=O)[O-]. The van der Waals surface area contributed by atoms with Crippen LogP contribution in [0.1, 0.15) is 11.1 Å². The van der Waals surface area contributed by atoms with Crippen LogP contribution in [0.4, 0.5) is 15.8 Å². The average molecular weight is 276 g/mol. The number of nitro groups is 1. The summed E-state index contributed by atoms with van der Waals surface area (Å²) in [6.45, 7) is 1.73. The topological polar surface area (TPSA) is 78.4 Å². The van der Waals surface area contributed by atoms with E-state index < -0.39 is 10.7 Å². The molecule has 0 aliphatic heterocycles. The maximum Gasteiger partial charge on any atom is 0.276 e. The van der Waals surface area contributed by atoms with E-state index >= 15 is 0 Å². The van der Waals surface area contributed by atoms with E-state index in [1.54, 1.807) is 18.2 Å². The predicted octanol–water partition coefficient (Wildman–Crippen LogP) is 3.20. The lowest BCUT2D eigenvalue weighted by molar-refractivity contribution is -0.385. The van der Waals surface area contributed by atoms with Crippen molar-refractivity contribution in [1.29, 1.82) is 0 Å². The van der Waals surface area contributed by atoms with Gasteiger partial charge in [-0.15, -0.1) is 0 Å². The second kappa shape index (κ2) is 5.56. The number of anilines is 1. The van der Waals surface area contributed by atoms with Crippen molar-refractivity contribution in [3.63, 3.8) is 0 Å². The first-order chi connectivity index (χ1) is 9.47. The van der Waals surface area contributed by atoms with Gasteiger partial charge in [0.2, 0.25) is 0 Å². The fourth-order valence-electron chi connectivity index (χ4n) is 1.84. The van der Waals surface area contributed by atoms with Crippen LogP contribution in [0.3, 0.4) is 0 Å². The second-order valence-electron chi connectivity index (χ2n) is 4.34.